The molecule has 0 spiro atoms. The molecule has 304 valence electrons. The van der Waals surface area contributed by atoms with Crippen LogP contribution in [-0.2, 0) is 39.0 Å². The van der Waals surface area contributed by atoms with E-state index in [0.717, 1.165) is 45.6 Å². The van der Waals surface area contributed by atoms with Crippen molar-refractivity contribution in [3.05, 3.63) is 149 Å². The van der Waals surface area contributed by atoms with Crippen LogP contribution in [0.3, 0.4) is 0 Å². The van der Waals surface area contributed by atoms with Crippen molar-refractivity contribution in [1.82, 2.24) is 0 Å². The molecule has 0 radical (unpaired) electrons. The third kappa shape index (κ3) is 19.5. The molecule has 0 saturated heterocycles. The van der Waals surface area contributed by atoms with Gasteiger partial charge in [-0.15, -0.1) is 24.6 Å². The smallest absolute Gasteiger partial charge is 0.855 e. The van der Waals surface area contributed by atoms with E-state index in [9.17, 15) is 0 Å². The third-order valence-corrected chi connectivity index (χ3v) is 8.53. The second kappa shape index (κ2) is 28.0. The minimum atomic E-state index is 0. The van der Waals surface area contributed by atoms with E-state index in [1.807, 2.05) is 27.7 Å². The molecule has 0 heterocycles. The zero-order valence-corrected chi connectivity index (χ0v) is 45.1. The van der Waals surface area contributed by atoms with Gasteiger partial charge in [-0.3, -0.25) is 9.98 Å². The maximum atomic E-state index is 8.93. The van der Waals surface area contributed by atoms with Crippen molar-refractivity contribution in [2.45, 2.75) is 125 Å². The maximum Gasteiger partial charge on any atom is 2.00 e. The van der Waals surface area contributed by atoms with Gasteiger partial charge in [0.25, 0.3) is 0 Å². The monoisotopic (exact) mass is 884 g/mol. The fourth-order valence-corrected chi connectivity index (χ4v) is 6.83. The summed E-state index contributed by atoms with van der Waals surface area (Å²) in [6, 6.07) is 17.4. The average molecular weight is 888 g/mol. The molecule has 8 heteroatoms. The van der Waals surface area contributed by atoms with Crippen molar-refractivity contribution in [2.75, 3.05) is 13.2 Å². The van der Waals surface area contributed by atoms with Crippen LogP contribution >= 0.6 is 0 Å². The first-order valence-corrected chi connectivity index (χ1v) is 19.6. The summed E-state index contributed by atoms with van der Waals surface area (Å²) in [6.07, 6.45) is 4.11. The normalized spacial score (nSPS) is 11.4. The summed E-state index contributed by atoms with van der Waals surface area (Å²) < 4.78 is 0. The molecule has 0 amide bonds. The summed E-state index contributed by atoms with van der Waals surface area (Å²) in [6.45, 7) is 36.7. The maximum absolute atomic E-state index is 8.93. The van der Waals surface area contributed by atoms with E-state index in [0.29, 0.717) is 0 Å². The molecule has 0 fully saturated rings. The largest absolute Gasteiger partial charge is 2.00 e. The number of aliphatic imine (C=N–C) groups is 2. The molecule has 4 aromatic carbocycles. The van der Waals surface area contributed by atoms with Gasteiger partial charge >= 0.3 is 39.0 Å². The Hall–Kier alpha value is -3.53. The minimum Gasteiger partial charge on any atom is -0.855 e. The molecular weight excluding hydrogens is 819 g/mol. The van der Waals surface area contributed by atoms with Crippen LogP contribution in [0, 0.1) is 83.1 Å². The third-order valence-electron chi connectivity index (χ3n) is 8.53. The Labute approximate surface area is 378 Å². The van der Waals surface area contributed by atoms with Crippen molar-refractivity contribution < 1.29 is 49.2 Å². The number of benzene rings is 4. The zero-order valence-electron chi connectivity index (χ0n) is 39.2. The summed E-state index contributed by atoms with van der Waals surface area (Å²) >= 11 is 0. The van der Waals surface area contributed by atoms with Crippen molar-refractivity contribution in [3.63, 3.8) is 0 Å². The first kappa shape index (κ1) is 56.6. The predicted octanol–water partition coefficient (Wildman–Crippen LogP) is 13.2. The topological polar surface area (TPSA) is 99.0 Å². The summed E-state index contributed by atoms with van der Waals surface area (Å²) in [4.78, 5) is 9.64. The van der Waals surface area contributed by atoms with Gasteiger partial charge < -0.3 is 20.8 Å². The molecule has 4 aromatic rings. The predicted molar refractivity (Wildman–Crippen MR) is 243 cm³/mol. The number of hydrogen-bond acceptors (Lipinski definition) is 4. The molecule has 0 aromatic heterocycles. The summed E-state index contributed by atoms with van der Waals surface area (Å²) in [5.41, 5.74) is 23.0. The second-order valence-electron chi connectivity index (χ2n) is 14.9. The second-order valence-corrected chi connectivity index (χ2v) is 14.9. The van der Waals surface area contributed by atoms with E-state index < -0.39 is 0 Å². The molecule has 58 heavy (non-hydrogen) atoms. The molecule has 0 atom stereocenters. The number of aryl methyl sites for hydroxylation is 12. The fourth-order valence-electron chi connectivity index (χ4n) is 6.83. The van der Waals surface area contributed by atoms with Gasteiger partial charge in [-0.2, -0.15) is 11.4 Å². The summed E-state index contributed by atoms with van der Waals surface area (Å²) in [5, 5.41) is 27.5. The van der Waals surface area contributed by atoms with Crippen LogP contribution in [0.25, 0.3) is 10.6 Å². The number of rotatable bonds is 8. The Kier molecular flexibility index (Phi) is 27.3. The van der Waals surface area contributed by atoms with Crippen LogP contribution < -0.4 is 10.2 Å². The minimum absolute atomic E-state index is 0. The molecule has 0 saturated carbocycles. The van der Waals surface area contributed by atoms with Gasteiger partial charge in [0, 0.05) is 11.4 Å². The molecule has 0 unspecified atom stereocenters. The van der Waals surface area contributed by atoms with Crippen LogP contribution in [0.2, 0.25) is 0 Å². The van der Waals surface area contributed by atoms with Crippen molar-refractivity contribution >= 4 is 34.2 Å². The Morgan fingerprint density at radius 1 is 0.431 bits per heavy atom. The Bertz CT molecular complexity index is 1820. The van der Waals surface area contributed by atoms with Gasteiger partial charge in [0.05, 0.1) is 11.4 Å². The van der Waals surface area contributed by atoms with E-state index in [2.05, 4.69) is 144 Å². The molecular formula is C50H68N4O2Zn2. The van der Waals surface area contributed by atoms with Gasteiger partial charge in [0.15, 0.2) is 0 Å². The van der Waals surface area contributed by atoms with Gasteiger partial charge in [-0.1, -0.05) is 133 Å². The van der Waals surface area contributed by atoms with Crippen LogP contribution in [0.1, 0.15) is 108 Å². The van der Waals surface area contributed by atoms with Crippen LogP contribution in [-0.4, -0.2) is 24.6 Å². The van der Waals surface area contributed by atoms with E-state index in [-0.39, 0.29) is 52.2 Å². The van der Waals surface area contributed by atoms with Crippen molar-refractivity contribution in [2.24, 2.45) is 9.98 Å². The van der Waals surface area contributed by atoms with Gasteiger partial charge in [0.2, 0.25) is 0 Å². The van der Waals surface area contributed by atoms with E-state index in [1.54, 1.807) is 13.8 Å². The van der Waals surface area contributed by atoms with E-state index >= 15 is 0 Å². The number of allylic oxidation sites excluding steroid dienone is 4. The number of hydrogen-bond donors (Lipinski definition) is 0. The number of nitrogens with zero attached hydrogens (tertiary/aromatic N) is 4. The standard InChI is InChI=1S/2C23H29N2.2C2H5O.2Zn/c2*1-14-9-16(3)22(17(4)10-14)24-20(7)13-21(8)25-23-18(5)11-15(2)12-19(23)6;2*1-2-3;;/h2*9-13H,1-8H3;2*2H2,1H3;;/q4*-1;2*+2/b2*20-13-,25-21?;;;;. The molecule has 0 bridgehead atoms. The summed E-state index contributed by atoms with van der Waals surface area (Å²) in [5.74, 6) is 0. The van der Waals surface area contributed by atoms with Crippen molar-refractivity contribution in [3.8, 4) is 0 Å². The Morgan fingerprint density at radius 3 is 0.828 bits per heavy atom. The Morgan fingerprint density at radius 2 is 0.621 bits per heavy atom. The first-order valence-electron chi connectivity index (χ1n) is 19.6. The quantitative estimate of drug-likeness (QED) is 0.130. The van der Waals surface area contributed by atoms with Crippen LogP contribution in [0.4, 0.5) is 22.7 Å². The molecule has 6 nitrogen and oxygen atoms in total. The molecule has 0 N–H and O–H groups in total. The van der Waals surface area contributed by atoms with Gasteiger partial charge in [-0.05, 0) is 119 Å². The van der Waals surface area contributed by atoms with E-state index in [4.69, 9.17) is 30.8 Å². The molecule has 0 aliphatic heterocycles. The fraction of sp³-hybridized carbons (Fsp3) is 0.400. The molecule has 4 rings (SSSR count). The molecule has 0 aliphatic rings. The Balaban J connectivity index is 0. The first-order chi connectivity index (χ1) is 26.2. The molecule has 0 aliphatic carbocycles. The van der Waals surface area contributed by atoms with Crippen LogP contribution in [0.15, 0.2) is 82.1 Å². The SMILES string of the molecule is CC(/C=C(/C)[N-]c1c(C)cc(C)cc1C)=Nc1c(C)cc(C)cc1C.CC(/C=C(/C)[N-]c1c(C)cc(C)cc1C)=Nc1c(C)cc(C)cc1C.CC[O-].CC[O-].[Zn+2].[Zn+2]. The van der Waals surface area contributed by atoms with Gasteiger partial charge in [-0.25, -0.2) is 0 Å². The van der Waals surface area contributed by atoms with Crippen LogP contribution in [0.5, 0.6) is 0 Å². The zero-order chi connectivity index (χ0) is 42.9. The summed E-state index contributed by atoms with van der Waals surface area (Å²) in [7, 11) is 0. The van der Waals surface area contributed by atoms with E-state index in [1.165, 1.54) is 66.8 Å². The van der Waals surface area contributed by atoms with Gasteiger partial charge in [0.1, 0.15) is 0 Å². The van der Waals surface area contributed by atoms with Crippen molar-refractivity contribution in [1.29, 1.82) is 0 Å². The average Bonchev–Trinajstić information content (AvgIpc) is 3.05.